The lowest BCUT2D eigenvalue weighted by Crippen LogP contribution is -2.51. The largest absolute Gasteiger partial charge is 0.497 e. The third kappa shape index (κ3) is 3.21. The Morgan fingerprint density at radius 1 is 1.06 bits per heavy atom. The predicted molar refractivity (Wildman–Crippen MR) is 114 cm³/mol. The summed E-state index contributed by atoms with van der Waals surface area (Å²) in [5, 5.41) is 3.65. The van der Waals surface area contributed by atoms with E-state index < -0.39 is 23.2 Å². The Bertz CT molecular complexity index is 1180. The lowest BCUT2D eigenvalue weighted by molar-refractivity contribution is -0.138. The molecule has 3 aromatic rings. The van der Waals surface area contributed by atoms with Gasteiger partial charge in [0.1, 0.15) is 5.75 Å². The molecular weight excluding hydrogens is 419 g/mol. The number of nitrogens with one attached hydrogen (secondary N) is 1. The number of carbonyl (C=O) groups is 1. The Kier molecular flexibility index (Phi) is 4.69. The summed E-state index contributed by atoms with van der Waals surface area (Å²) in [4.78, 5) is 14.5. The van der Waals surface area contributed by atoms with Crippen molar-refractivity contribution in [2.24, 2.45) is 0 Å². The monoisotopic (exact) mass is 441 g/mol. The van der Waals surface area contributed by atoms with Gasteiger partial charge in [0.25, 0.3) is 5.91 Å². The number of halogens is 3. The minimum Gasteiger partial charge on any atom is -0.497 e. The molecule has 32 heavy (non-hydrogen) atoms. The van der Waals surface area contributed by atoms with E-state index in [1.54, 1.807) is 7.11 Å². The highest BCUT2D eigenvalue weighted by atomic mass is 19.4. The van der Waals surface area contributed by atoms with Crippen LogP contribution in [0.1, 0.15) is 34.5 Å². The number of methoxy groups -OCH3 is 1. The maximum Gasteiger partial charge on any atom is 0.417 e. The van der Waals surface area contributed by atoms with Gasteiger partial charge in [-0.2, -0.15) is 13.2 Å². The Morgan fingerprint density at radius 2 is 1.81 bits per heavy atom. The molecule has 2 aliphatic heterocycles. The molecule has 3 heterocycles. The molecule has 166 valence electrons. The van der Waals surface area contributed by atoms with E-state index in [1.807, 2.05) is 30.5 Å². The van der Waals surface area contributed by atoms with E-state index >= 15 is 0 Å². The van der Waals surface area contributed by atoms with E-state index in [2.05, 4.69) is 16.0 Å². The summed E-state index contributed by atoms with van der Waals surface area (Å²) in [5.41, 5.74) is 1.41. The van der Waals surface area contributed by atoms with Crippen LogP contribution in [0.3, 0.4) is 0 Å². The third-order valence-corrected chi connectivity index (χ3v) is 6.44. The average molecular weight is 441 g/mol. The number of hydrogen-bond acceptors (Lipinski definition) is 3. The number of alkyl halides is 3. The summed E-state index contributed by atoms with van der Waals surface area (Å²) in [5.74, 6) is 0.152. The molecule has 5 rings (SSSR count). The van der Waals surface area contributed by atoms with E-state index in [0.29, 0.717) is 25.9 Å². The van der Waals surface area contributed by atoms with Gasteiger partial charge >= 0.3 is 6.18 Å². The molecule has 2 aliphatic rings. The van der Waals surface area contributed by atoms with Gasteiger partial charge in [0, 0.05) is 31.0 Å². The number of anilines is 1. The van der Waals surface area contributed by atoms with Crippen molar-refractivity contribution in [3.63, 3.8) is 0 Å². The second kappa shape index (κ2) is 7.32. The summed E-state index contributed by atoms with van der Waals surface area (Å²) in [6.45, 7) is 0.699. The Balaban J connectivity index is 1.42. The Labute approximate surface area is 183 Å². The lowest BCUT2D eigenvalue weighted by Gasteiger charge is -2.46. The number of aromatic nitrogens is 1. The van der Waals surface area contributed by atoms with Crippen molar-refractivity contribution in [3.8, 4) is 11.4 Å². The zero-order valence-electron chi connectivity index (χ0n) is 17.4. The molecule has 1 amide bonds. The van der Waals surface area contributed by atoms with Crippen molar-refractivity contribution in [2.75, 3.05) is 25.5 Å². The van der Waals surface area contributed by atoms with Crippen molar-refractivity contribution < 1.29 is 22.7 Å². The molecular formula is C24H22F3N3O2. The van der Waals surface area contributed by atoms with Crippen LogP contribution in [0.4, 0.5) is 18.9 Å². The second-order valence-corrected chi connectivity index (χ2v) is 8.19. The second-order valence-electron chi connectivity index (χ2n) is 8.19. The van der Waals surface area contributed by atoms with Crippen LogP contribution in [0.15, 0.2) is 60.8 Å². The van der Waals surface area contributed by atoms with E-state index in [0.717, 1.165) is 28.9 Å². The molecule has 0 saturated carbocycles. The number of ether oxygens (including phenoxy) is 1. The average Bonchev–Trinajstić information content (AvgIpc) is 3.30. The van der Waals surface area contributed by atoms with Crippen LogP contribution in [0.2, 0.25) is 0 Å². The number of rotatable bonds is 2. The highest BCUT2D eigenvalue weighted by molar-refractivity contribution is 5.96. The van der Waals surface area contributed by atoms with Gasteiger partial charge in [0.05, 0.1) is 35.2 Å². The Hall–Kier alpha value is -3.42. The summed E-state index contributed by atoms with van der Waals surface area (Å²) in [6.07, 6.45) is -1.42. The van der Waals surface area contributed by atoms with Crippen molar-refractivity contribution in [2.45, 2.75) is 24.6 Å². The molecule has 8 heteroatoms. The number of hydrogen-bond donors (Lipinski definition) is 1. The molecule has 1 saturated heterocycles. The number of amides is 1. The number of benzene rings is 2. The maximum atomic E-state index is 13.4. The van der Waals surface area contributed by atoms with E-state index in [4.69, 9.17) is 4.74 Å². The fourth-order valence-corrected chi connectivity index (χ4v) is 4.81. The minimum absolute atomic E-state index is 0.300. The smallest absolute Gasteiger partial charge is 0.417 e. The van der Waals surface area contributed by atoms with Crippen molar-refractivity contribution in [1.82, 2.24) is 9.47 Å². The third-order valence-electron chi connectivity index (χ3n) is 6.44. The normalized spacial score (nSPS) is 16.8. The molecule has 0 aliphatic carbocycles. The fourth-order valence-electron chi connectivity index (χ4n) is 4.81. The molecule has 5 nitrogen and oxygen atoms in total. The van der Waals surface area contributed by atoms with Gasteiger partial charge in [-0.05, 0) is 49.2 Å². The molecule has 2 aromatic carbocycles. The quantitative estimate of drug-likeness (QED) is 0.605. The van der Waals surface area contributed by atoms with Gasteiger partial charge in [-0.3, -0.25) is 4.79 Å². The zero-order valence-corrected chi connectivity index (χ0v) is 17.4. The van der Waals surface area contributed by atoms with Crippen LogP contribution in [-0.4, -0.2) is 35.6 Å². The van der Waals surface area contributed by atoms with Crippen LogP contribution in [-0.2, 0) is 11.7 Å². The van der Waals surface area contributed by atoms with Gasteiger partial charge in [-0.25, -0.2) is 0 Å². The van der Waals surface area contributed by atoms with E-state index in [-0.39, 0.29) is 5.56 Å². The predicted octanol–water partition coefficient (Wildman–Crippen LogP) is 5.06. The molecule has 0 bridgehead atoms. The number of nitrogens with zero attached hydrogens (tertiary/aromatic N) is 2. The van der Waals surface area contributed by atoms with Crippen molar-refractivity contribution in [3.05, 3.63) is 77.6 Å². The molecule has 1 aromatic heterocycles. The number of carbonyl (C=O) groups excluding carboxylic acids is 1. The first-order chi connectivity index (χ1) is 15.3. The Morgan fingerprint density at radius 3 is 2.53 bits per heavy atom. The van der Waals surface area contributed by atoms with Gasteiger partial charge in [-0.1, -0.05) is 12.1 Å². The minimum atomic E-state index is -4.57. The fraction of sp³-hybridized carbons (Fsp3) is 0.292. The first kappa shape index (κ1) is 20.5. The lowest BCUT2D eigenvalue weighted by atomic mass is 9.82. The van der Waals surface area contributed by atoms with Gasteiger partial charge in [-0.15, -0.1) is 0 Å². The number of likely N-dealkylation sites (tertiary alicyclic amines) is 1. The molecule has 1 fully saturated rings. The molecule has 0 unspecified atom stereocenters. The van der Waals surface area contributed by atoms with Crippen LogP contribution in [0, 0.1) is 0 Å². The molecule has 1 N–H and O–H groups in total. The zero-order chi connectivity index (χ0) is 22.5. The summed E-state index contributed by atoms with van der Waals surface area (Å²) in [6, 6.07) is 14.8. The van der Waals surface area contributed by atoms with Crippen molar-refractivity contribution in [1.29, 1.82) is 0 Å². The van der Waals surface area contributed by atoms with E-state index in [9.17, 15) is 18.0 Å². The van der Waals surface area contributed by atoms with Crippen molar-refractivity contribution >= 4 is 11.6 Å². The van der Waals surface area contributed by atoms with Gasteiger partial charge < -0.3 is 19.5 Å². The molecule has 1 spiro atoms. The SMILES string of the molecule is COc1ccc2c(c1)NC1(CCN(C(=O)c3ccccc3C(F)(F)F)CC1)c1cccn1-2. The standard InChI is InChI=1S/C24H22F3N3O2/c1-32-16-8-9-20-19(15-16)28-23(21-7-4-12-30(20)21)10-13-29(14-11-23)22(31)17-5-2-3-6-18(17)24(25,26)27/h2-9,12,15,28H,10-11,13-14H2,1H3. The summed E-state index contributed by atoms with van der Waals surface area (Å²) >= 11 is 0. The topological polar surface area (TPSA) is 46.5 Å². The summed E-state index contributed by atoms with van der Waals surface area (Å²) in [7, 11) is 1.62. The van der Waals surface area contributed by atoms with Crippen LogP contribution in [0.5, 0.6) is 5.75 Å². The molecule has 0 atom stereocenters. The summed E-state index contributed by atoms with van der Waals surface area (Å²) < 4.78 is 47.7. The van der Waals surface area contributed by atoms with Crippen LogP contribution in [0.25, 0.3) is 5.69 Å². The molecule has 0 radical (unpaired) electrons. The first-order valence-corrected chi connectivity index (χ1v) is 10.4. The first-order valence-electron chi connectivity index (χ1n) is 10.4. The van der Waals surface area contributed by atoms with Crippen LogP contribution >= 0.6 is 0 Å². The van der Waals surface area contributed by atoms with Gasteiger partial charge in [0.2, 0.25) is 0 Å². The van der Waals surface area contributed by atoms with Crippen LogP contribution < -0.4 is 10.1 Å². The number of piperidine rings is 1. The van der Waals surface area contributed by atoms with Gasteiger partial charge in [0.15, 0.2) is 0 Å². The number of fused-ring (bicyclic) bond motifs is 4. The maximum absolute atomic E-state index is 13.4. The highest BCUT2D eigenvalue weighted by Gasteiger charge is 2.43. The van der Waals surface area contributed by atoms with E-state index in [1.165, 1.54) is 23.1 Å². The highest BCUT2D eigenvalue weighted by Crippen LogP contribution is 2.44.